The summed E-state index contributed by atoms with van der Waals surface area (Å²) in [6.45, 7) is 4.90. The van der Waals surface area contributed by atoms with Crippen LogP contribution >= 0.6 is 0 Å². The highest BCUT2D eigenvalue weighted by atomic mass is 16.5. The second kappa shape index (κ2) is 7.48. The summed E-state index contributed by atoms with van der Waals surface area (Å²) in [4.78, 5) is 14.2. The first-order valence-electron chi connectivity index (χ1n) is 10.2. The number of aromatic nitrogens is 2. The summed E-state index contributed by atoms with van der Waals surface area (Å²) in [7, 11) is 1.75. The second-order valence-corrected chi connectivity index (χ2v) is 8.14. The Kier molecular flexibility index (Phi) is 4.68. The third-order valence-corrected chi connectivity index (χ3v) is 6.24. The van der Waals surface area contributed by atoms with Crippen molar-refractivity contribution in [3.05, 3.63) is 83.9 Å². The molecule has 1 saturated heterocycles. The van der Waals surface area contributed by atoms with E-state index in [4.69, 9.17) is 9.72 Å². The zero-order valence-electron chi connectivity index (χ0n) is 16.8. The van der Waals surface area contributed by atoms with Crippen molar-refractivity contribution in [2.24, 2.45) is 0 Å². The van der Waals surface area contributed by atoms with Crippen molar-refractivity contribution in [3.63, 3.8) is 0 Å². The molecule has 148 valence electrons. The number of para-hydroxylation sites is 1. The van der Waals surface area contributed by atoms with Crippen LogP contribution in [0.25, 0.3) is 0 Å². The molecule has 4 heterocycles. The van der Waals surface area contributed by atoms with Crippen molar-refractivity contribution in [2.45, 2.75) is 24.9 Å². The van der Waals surface area contributed by atoms with Crippen LogP contribution in [0.4, 0.5) is 5.69 Å². The number of hydrogen-bond donors (Lipinski definition) is 0. The molecule has 0 saturated carbocycles. The molecule has 1 aromatic carbocycles. The lowest BCUT2D eigenvalue weighted by molar-refractivity contribution is 0.298. The van der Waals surface area contributed by atoms with Crippen molar-refractivity contribution in [3.8, 4) is 5.75 Å². The monoisotopic (exact) mass is 386 g/mol. The predicted octanol–water partition coefficient (Wildman–Crippen LogP) is 3.65. The molecule has 5 heteroatoms. The lowest BCUT2D eigenvalue weighted by atomic mass is 9.85. The molecule has 0 bridgehead atoms. The highest BCUT2D eigenvalue weighted by Gasteiger charge is 2.48. The number of nitrogens with zero attached hydrogens (tertiary/aromatic N) is 4. The Morgan fingerprint density at radius 2 is 1.90 bits per heavy atom. The largest absolute Gasteiger partial charge is 0.496 e. The quantitative estimate of drug-likeness (QED) is 0.670. The molecule has 0 unspecified atom stereocenters. The number of ether oxygens (including phenoxy) is 1. The van der Waals surface area contributed by atoms with Gasteiger partial charge in [0.15, 0.2) is 0 Å². The smallest absolute Gasteiger partial charge is 0.123 e. The molecule has 29 heavy (non-hydrogen) atoms. The Bertz CT molecular complexity index is 993. The van der Waals surface area contributed by atoms with Gasteiger partial charge in [-0.15, -0.1) is 0 Å². The number of hydrogen-bond acceptors (Lipinski definition) is 5. The summed E-state index contributed by atoms with van der Waals surface area (Å²) >= 11 is 0. The highest BCUT2D eigenvalue weighted by Crippen LogP contribution is 2.46. The summed E-state index contributed by atoms with van der Waals surface area (Å²) in [6.07, 6.45) is 6.87. The summed E-state index contributed by atoms with van der Waals surface area (Å²) in [6, 6.07) is 16.8. The average molecular weight is 386 g/mol. The van der Waals surface area contributed by atoms with Gasteiger partial charge in [0.25, 0.3) is 0 Å². The second-order valence-electron chi connectivity index (χ2n) is 8.14. The summed E-state index contributed by atoms with van der Waals surface area (Å²) < 4.78 is 5.56. The molecule has 3 aromatic rings. The van der Waals surface area contributed by atoms with Crippen LogP contribution in [0.5, 0.6) is 5.75 Å². The van der Waals surface area contributed by atoms with Crippen LogP contribution in [0.2, 0.25) is 0 Å². The van der Waals surface area contributed by atoms with Crippen LogP contribution in [0.3, 0.4) is 0 Å². The molecule has 0 aliphatic carbocycles. The minimum Gasteiger partial charge on any atom is -0.496 e. The van der Waals surface area contributed by atoms with Crippen LogP contribution < -0.4 is 9.64 Å². The van der Waals surface area contributed by atoms with E-state index in [1.807, 2.05) is 36.8 Å². The fourth-order valence-electron chi connectivity index (χ4n) is 4.93. The van der Waals surface area contributed by atoms with Crippen molar-refractivity contribution >= 4 is 5.69 Å². The third kappa shape index (κ3) is 3.36. The van der Waals surface area contributed by atoms with Crippen LogP contribution in [0, 0.1) is 0 Å². The lowest BCUT2D eigenvalue weighted by Crippen LogP contribution is -2.36. The molecular formula is C24H26N4O. The van der Waals surface area contributed by atoms with E-state index in [-0.39, 0.29) is 5.41 Å². The van der Waals surface area contributed by atoms with Crippen LogP contribution in [-0.2, 0) is 18.5 Å². The topological polar surface area (TPSA) is 41.5 Å². The van der Waals surface area contributed by atoms with Gasteiger partial charge in [0.2, 0.25) is 0 Å². The number of benzene rings is 1. The summed E-state index contributed by atoms with van der Waals surface area (Å²) in [5.74, 6) is 0.969. The van der Waals surface area contributed by atoms with Crippen molar-refractivity contribution < 1.29 is 4.74 Å². The van der Waals surface area contributed by atoms with Crippen molar-refractivity contribution in [1.29, 1.82) is 0 Å². The molecule has 2 aliphatic heterocycles. The molecule has 2 aromatic heterocycles. The Labute approximate surface area is 172 Å². The summed E-state index contributed by atoms with van der Waals surface area (Å²) in [5, 5.41) is 0. The first-order valence-corrected chi connectivity index (χ1v) is 10.2. The zero-order chi connectivity index (χ0) is 19.7. The van der Waals surface area contributed by atoms with Gasteiger partial charge in [-0.05, 0) is 42.8 Å². The number of anilines is 1. The van der Waals surface area contributed by atoms with Gasteiger partial charge in [-0.2, -0.15) is 0 Å². The van der Waals surface area contributed by atoms with Gasteiger partial charge in [-0.25, -0.2) is 0 Å². The SMILES string of the molecule is COc1ccccc1CN1CC[C@@]2(C1)CN(Cc1cccnc1)c1cccnc12. The van der Waals surface area contributed by atoms with Gasteiger partial charge >= 0.3 is 0 Å². The average Bonchev–Trinajstić information content (AvgIpc) is 3.31. The zero-order valence-corrected chi connectivity index (χ0v) is 16.8. The molecule has 1 atom stereocenters. The third-order valence-electron chi connectivity index (χ3n) is 6.24. The van der Waals surface area contributed by atoms with Gasteiger partial charge in [0.05, 0.1) is 18.5 Å². The molecule has 5 nitrogen and oxygen atoms in total. The van der Waals surface area contributed by atoms with Crippen LogP contribution in [0.1, 0.15) is 23.2 Å². The Morgan fingerprint density at radius 1 is 1.00 bits per heavy atom. The van der Waals surface area contributed by atoms with Gasteiger partial charge in [-0.1, -0.05) is 24.3 Å². The van der Waals surface area contributed by atoms with E-state index in [1.54, 1.807) is 7.11 Å². The van der Waals surface area contributed by atoms with E-state index in [1.165, 1.54) is 22.5 Å². The minimum atomic E-state index is 0.0980. The highest BCUT2D eigenvalue weighted by molar-refractivity contribution is 5.60. The first-order chi connectivity index (χ1) is 14.3. The molecule has 1 spiro atoms. The number of rotatable bonds is 5. The van der Waals surface area contributed by atoms with E-state index in [0.717, 1.165) is 44.9 Å². The molecule has 1 fully saturated rings. The molecular weight excluding hydrogens is 360 g/mol. The number of methoxy groups -OCH3 is 1. The fourth-order valence-corrected chi connectivity index (χ4v) is 4.93. The van der Waals surface area contributed by atoms with E-state index in [2.05, 4.69) is 45.1 Å². The molecule has 0 amide bonds. The number of fused-ring (bicyclic) bond motifs is 2. The van der Waals surface area contributed by atoms with Crippen LogP contribution in [0.15, 0.2) is 67.1 Å². The first kappa shape index (κ1) is 18.1. The van der Waals surface area contributed by atoms with Gasteiger partial charge in [-0.3, -0.25) is 14.9 Å². The fraction of sp³-hybridized carbons (Fsp3) is 0.333. The van der Waals surface area contributed by atoms with Gasteiger partial charge < -0.3 is 9.64 Å². The molecule has 2 aliphatic rings. The van der Waals surface area contributed by atoms with Gasteiger partial charge in [0.1, 0.15) is 5.75 Å². The lowest BCUT2D eigenvalue weighted by Gasteiger charge is -2.26. The maximum atomic E-state index is 5.56. The van der Waals surface area contributed by atoms with E-state index < -0.39 is 0 Å². The Morgan fingerprint density at radius 3 is 2.76 bits per heavy atom. The number of pyridine rings is 2. The Balaban J connectivity index is 1.38. The predicted molar refractivity (Wildman–Crippen MR) is 114 cm³/mol. The van der Waals surface area contributed by atoms with E-state index >= 15 is 0 Å². The maximum Gasteiger partial charge on any atom is 0.123 e. The normalized spacial score (nSPS) is 20.9. The molecule has 0 radical (unpaired) electrons. The molecule has 5 rings (SSSR count). The van der Waals surface area contributed by atoms with Crippen LogP contribution in [-0.4, -0.2) is 41.6 Å². The molecule has 0 N–H and O–H groups in total. The van der Waals surface area contributed by atoms with Gasteiger partial charge in [0, 0.05) is 55.7 Å². The van der Waals surface area contributed by atoms with E-state index in [0.29, 0.717) is 0 Å². The standard InChI is InChI=1S/C24H26N4O/c1-29-22-9-3-2-7-20(22)16-27-13-10-24(17-27)18-28(15-19-6-4-11-25-14-19)21-8-5-12-26-23(21)24/h2-9,11-12,14H,10,13,15-18H2,1H3/t24-/m1/s1. The van der Waals surface area contributed by atoms with Crippen molar-refractivity contribution in [1.82, 2.24) is 14.9 Å². The maximum absolute atomic E-state index is 5.56. The van der Waals surface area contributed by atoms with Crippen molar-refractivity contribution in [2.75, 3.05) is 31.6 Å². The van der Waals surface area contributed by atoms with E-state index in [9.17, 15) is 0 Å². The minimum absolute atomic E-state index is 0.0980. The summed E-state index contributed by atoms with van der Waals surface area (Å²) in [5.41, 5.74) is 5.12. The Hall–Kier alpha value is -2.92. The number of likely N-dealkylation sites (tertiary alicyclic amines) is 1.